The average molecular weight is 289 g/mol. The second-order valence-electron chi connectivity index (χ2n) is 4.37. The molecule has 0 amide bonds. The molecule has 6 heteroatoms. The number of halogens is 2. The molecule has 1 aliphatic rings. The van der Waals surface area contributed by atoms with Crippen LogP contribution in [0.15, 0.2) is 0 Å². The zero-order valence-corrected chi connectivity index (χ0v) is 12.0. The normalized spacial score (nSPS) is 14.5. The monoisotopic (exact) mass is 288 g/mol. The van der Waals surface area contributed by atoms with Crippen molar-refractivity contribution in [1.82, 2.24) is 4.98 Å². The quantitative estimate of drug-likeness (QED) is 0.633. The average Bonchev–Trinajstić information content (AvgIpc) is 3.17. The maximum absolute atomic E-state index is 11.7. The number of pyridine rings is 1. The summed E-state index contributed by atoms with van der Waals surface area (Å²) in [6.07, 6.45) is 2.25. The minimum atomic E-state index is -0.503. The van der Waals surface area contributed by atoms with Crippen LogP contribution in [0.3, 0.4) is 0 Å². The van der Waals surface area contributed by atoms with Crippen molar-refractivity contribution in [3.63, 3.8) is 0 Å². The van der Waals surface area contributed by atoms with Gasteiger partial charge < -0.3 is 9.64 Å². The maximum atomic E-state index is 11.7. The van der Waals surface area contributed by atoms with E-state index in [1.54, 1.807) is 6.92 Å². The van der Waals surface area contributed by atoms with E-state index < -0.39 is 5.97 Å². The summed E-state index contributed by atoms with van der Waals surface area (Å²) in [6.45, 7) is 1.80. The number of aromatic nitrogens is 1. The third-order valence-corrected chi connectivity index (χ3v) is 3.86. The van der Waals surface area contributed by atoms with Crippen LogP contribution in [0.1, 0.15) is 28.9 Å². The van der Waals surface area contributed by atoms with Crippen LogP contribution in [0.25, 0.3) is 0 Å². The van der Waals surface area contributed by atoms with E-state index in [-0.39, 0.29) is 10.8 Å². The van der Waals surface area contributed by atoms with E-state index in [9.17, 15) is 4.79 Å². The molecular formula is C12H14Cl2N2O2. The first-order chi connectivity index (χ1) is 8.47. The summed E-state index contributed by atoms with van der Waals surface area (Å²) in [5, 5.41) is 0.515. The van der Waals surface area contributed by atoms with Crippen LogP contribution >= 0.6 is 23.2 Å². The number of methoxy groups -OCH3 is 1. The third-order valence-electron chi connectivity index (χ3n) is 3.14. The van der Waals surface area contributed by atoms with Crippen molar-refractivity contribution in [3.8, 4) is 0 Å². The van der Waals surface area contributed by atoms with Crippen molar-refractivity contribution in [2.45, 2.75) is 25.8 Å². The molecule has 18 heavy (non-hydrogen) atoms. The van der Waals surface area contributed by atoms with E-state index in [0.29, 0.717) is 16.6 Å². The van der Waals surface area contributed by atoms with Gasteiger partial charge in [-0.3, -0.25) is 0 Å². The van der Waals surface area contributed by atoms with Crippen LogP contribution in [0.2, 0.25) is 10.2 Å². The van der Waals surface area contributed by atoms with Crippen molar-refractivity contribution < 1.29 is 9.53 Å². The summed E-state index contributed by atoms with van der Waals surface area (Å²) < 4.78 is 4.70. The molecular weight excluding hydrogens is 275 g/mol. The van der Waals surface area contributed by atoms with Gasteiger partial charge in [-0.25, -0.2) is 9.78 Å². The van der Waals surface area contributed by atoms with Crippen molar-refractivity contribution in [1.29, 1.82) is 0 Å². The van der Waals surface area contributed by atoms with Crippen molar-refractivity contribution in [2.24, 2.45) is 0 Å². The second kappa shape index (κ2) is 4.94. The molecule has 1 heterocycles. The lowest BCUT2D eigenvalue weighted by Crippen LogP contribution is -2.22. The van der Waals surface area contributed by atoms with Crippen LogP contribution in [-0.2, 0) is 4.74 Å². The first-order valence-corrected chi connectivity index (χ1v) is 6.39. The Morgan fingerprint density at radius 3 is 2.56 bits per heavy atom. The molecule has 0 spiro atoms. The molecule has 0 N–H and O–H groups in total. The fourth-order valence-corrected chi connectivity index (χ4v) is 2.46. The van der Waals surface area contributed by atoms with E-state index in [4.69, 9.17) is 27.9 Å². The number of ether oxygens (including phenoxy) is 1. The van der Waals surface area contributed by atoms with Gasteiger partial charge in [0, 0.05) is 18.7 Å². The zero-order valence-electron chi connectivity index (χ0n) is 10.5. The van der Waals surface area contributed by atoms with Gasteiger partial charge in [0.2, 0.25) is 0 Å². The lowest BCUT2D eigenvalue weighted by molar-refractivity contribution is 0.0593. The molecule has 0 bridgehead atoms. The predicted molar refractivity (Wildman–Crippen MR) is 71.8 cm³/mol. The molecule has 98 valence electrons. The number of hydrogen-bond donors (Lipinski definition) is 0. The van der Waals surface area contributed by atoms with E-state index in [1.165, 1.54) is 7.11 Å². The second-order valence-corrected chi connectivity index (χ2v) is 5.11. The topological polar surface area (TPSA) is 42.4 Å². The Kier molecular flexibility index (Phi) is 3.69. The van der Waals surface area contributed by atoms with Gasteiger partial charge in [-0.05, 0) is 19.8 Å². The van der Waals surface area contributed by atoms with Crippen molar-refractivity contribution in [2.75, 3.05) is 19.1 Å². The molecule has 4 nitrogen and oxygen atoms in total. The highest BCUT2D eigenvalue weighted by Crippen LogP contribution is 2.40. The van der Waals surface area contributed by atoms with Crippen LogP contribution < -0.4 is 4.90 Å². The summed E-state index contributed by atoms with van der Waals surface area (Å²) in [4.78, 5) is 17.7. The highest BCUT2D eigenvalue weighted by Gasteiger charge is 2.31. The van der Waals surface area contributed by atoms with Crippen LogP contribution in [-0.4, -0.2) is 31.2 Å². The summed E-state index contributed by atoms with van der Waals surface area (Å²) >= 11 is 12.2. The lowest BCUT2D eigenvalue weighted by atomic mass is 10.1. The molecule has 1 saturated carbocycles. The number of esters is 1. The Bertz CT molecular complexity index is 501. The smallest absolute Gasteiger partial charge is 0.357 e. The molecule has 0 unspecified atom stereocenters. The molecule has 1 aromatic heterocycles. The van der Waals surface area contributed by atoms with Crippen LogP contribution in [0.5, 0.6) is 0 Å². The minimum Gasteiger partial charge on any atom is -0.464 e. The maximum Gasteiger partial charge on any atom is 0.357 e. The number of hydrogen-bond acceptors (Lipinski definition) is 4. The largest absolute Gasteiger partial charge is 0.464 e. The van der Waals surface area contributed by atoms with E-state index in [1.807, 2.05) is 7.05 Å². The highest BCUT2D eigenvalue weighted by molar-refractivity contribution is 6.43. The van der Waals surface area contributed by atoms with Gasteiger partial charge >= 0.3 is 5.97 Å². The number of rotatable bonds is 3. The first-order valence-electron chi connectivity index (χ1n) is 5.64. The summed E-state index contributed by atoms with van der Waals surface area (Å²) in [6, 6.07) is 0.463. The Labute approximate surface area is 116 Å². The summed E-state index contributed by atoms with van der Waals surface area (Å²) in [7, 11) is 3.26. The zero-order chi connectivity index (χ0) is 13.4. The van der Waals surface area contributed by atoms with Gasteiger partial charge in [0.05, 0.1) is 12.8 Å². The fraction of sp³-hybridized carbons (Fsp3) is 0.500. The van der Waals surface area contributed by atoms with Gasteiger partial charge in [0.25, 0.3) is 0 Å². The number of nitrogens with zero attached hydrogens (tertiary/aromatic N) is 2. The number of carbonyl (C=O) groups excluding carboxylic acids is 1. The molecule has 0 aliphatic heterocycles. The first kappa shape index (κ1) is 13.4. The lowest BCUT2D eigenvalue weighted by Gasteiger charge is -2.23. The van der Waals surface area contributed by atoms with Crippen LogP contribution in [0, 0.1) is 6.92 Å². The molecule has 0 radical (unpaired) electrons. The van der Waals surface area contributed by atoms with Crippen LogP contribution in [0.4, 0.5) is 5.69 Å². The Balaban J connectivity index is 2.55. The molecule has 2 rings (SSSR count). The Morgan fingerprint density at radius 2 is 2.06 bits per heavy atom. The molecule has 1 aliphatic carbocycles. The van der Waals surface area contributed by atoms with E-state index >= 15 is 0 Å². The SMILES string of the molecule is COC(=O)c1nc(Cl)c(Cl)c(N(C)C2CC2)c1C. The molecule has 0 atom stereocenters. The van der Waals surface area contributed by atoms with E-state index in [2.05, 4.69) is 9.88 Å². The van der Waals surface area contributed by atoms with Gasteiger partial charge in [-0.1, -0.05) is 23.2 Å². The highest BCUT2D eigenvalue weighted by atomic mass is 35.5. The number of anilines is 1. The fourth-order valence-electron chi connectivity index (χ4n) is 1.96. The molecule has 1 fully saturated rings. The molecule has 1 aromatic rings. The molecule has 0 saturated heterocycles. The Hall–Kier alpha value is -1.00. The van der Waals surface area contributed by atoms with Gasteiger partial charge in [0.15, 0.2) is 10.8 Å². The van der Waals surface area contributed by atoms with Crippen molar-refractivity contribution >= 4 is 34.9 Å². The minimum absolute atomic E-state index is 0.130. The summed E-state index contributed by atoms with van der Waals surface area (Å²) in [5.41, 5.74) is 1.68. The van der Waals surface area contributed by atoms with Gasteiger partial charge in [-0.15, -0.1) is 0 Å². The standard InChI is InChI=1S/C12H14Cl2N2O2/c1-6-9(12(17)18-3)15-11(14)8(13)10(6)16(2)7-4-5-7/h7H,4-5H2,1-3H3. The van der Waals surface area contributed by atoms with Gasteiger partial charge in [-0.2, -0.15) is 0 Å². The third kappa shape index (κ3) is 2.27. The molecule has 0 aromatic carbocycles. The number of carbonyl (C=O) groups is 1. The van der Waals surface area contributed by atoms with Crippen molar-refractivity contribution in [3.05, 3.63) is 21.4 Å². The predicted octanol–water partition coefficient (Wildman–Crippen LogP) is 3.08. The van der Waals surface area contributed by atoms with E-state index in [0.717, 1.165) is 18.5 Å². The summed E-state index contributed by atoms with van der Waals surface area (Å²) in [5.74, 6) is -0.503. The Morgan fingerprint density at radius 1 is 1.44 bits per heavy atom. The van der Waals surface area contributed by atoms with Gasteiger partial charge in [0.1, 0.15) is 5.02 Å².